The lowest BCUT2D eigenvalue weighted by Crippen LogP contribution is -2.45. The van der Waals surface area contributed by atoms with Crippen molar-refractivity contribution < 1.29 is 57.7 Å². The monoisotopic (exact) mass is 1040 g/mol. The molecule has 2 aliphatic carbocycles. The average molecular weight is 1040 g/mol. The maximum Gasteiger partial charge on any atom is 0.435 e. The second kappa shape index (κ2) is 21.3. The third kappa shape index (κ3) is 12.8. The summed E-state index contributed by atoms with van der Waals surface area (Å²) in [6.45, 7) is 8.60. The van der Waals surface area contributed by atoms with Gasteiger partial charge in [0, 0.05) is 74.9 Å². The van der Waals surface area contributed by atoms with E-state index in [4.69, 9.17) is 17.3 Å². The van der Waals surface area contributed by atoms with Crippen molar-refractivity contribution >= 4 is 62.9 Å². The van der Waals surface area contributed by atoms with Crippen molar-refractivity contribution in [2.75, 3.05) is 16.8 Å². The molecule has 24 heteroatoms. The maximum absolute atomic E-state index is 15.0. The standard InChI is InChI=1S/C38H33ClF10N8O2S.C5H12OS.C2H6/c1-17-3-4-23(24-5-6-26(39)29-31(24)56(16-37(44,45)46)54-34(29)57(60-2)35(59)19-12-22(50)13-19)30(51-17)27(11-18-9-20(40)14-21(41)10-18)52-28(58)15-55-33-25(7-8-36(33,42)43)32(53-55)38(47,48)49;1-5(2,3)7(4)6;1-2/h3-6,9-10,14,19,22,27H,7-8,11-13,15-16,50H2,1-2H3,(H,52,58);1-4H3;1-2H3. The number of hydrogen-bond donors (Lipinski definition) is 2. The number of carbonyl (C=O) groups excluding carboxylic acids is 2. The number of aryl methyl sites for hydroxylation is 1. The van der Waals surface area contributed by atoms with Gasteiger partial charge in [0.15, 0.2) is 11.5 Å². The summed E-state index contributed by atoms with van der Waals surface area (Å²) in [5.41, 5.74) is 2.43. The molecule has 7 rings (SSSR count). The van der Waals surface area contributed by atoms with Crippen molar-refractivity contribution in [3.63, 3.8) is 0 Å². The molecule has 1 saturated carbocycles. The van der Waals surface area contributed by atoms with E-state index < -0.39 is 114 Å². The second-order valence-corrected chi connectivity index (χ2v) is 20.5. The molecule has 0 bridgehead atoms. The van der Waals surface area contributed by atoms with Gasteiger partial charge in [-0.05, 0) is 95.2 Å². The topological polar surface area (TPSA) is 141 Å². The van der Waals surface area contributed by atoms with Crippen molar-refractivity contribution in [3.05, 3.63) is 93.0 Å². The molecule has 0 radical (unpaired) electrons. The van der Waals surface area contributed by atoms with Crippen LogP contribution in [0.2, 0.25) is 5.02 Å². The summed E-state index contributed by atoms with van der Waals surface area (Å²) < 4.78 is 156. The number of pyridine rings is 1. The van der Waals surface area contributed by atoms with Crippen LogP contribution in [0, 0.1) is 24.5 Å². The van der Waals surface area contributed by atoms with Crippen LogP contribution in [0.3, 0.4) is 0 Å². The Morgan fingerprint density at radius 1 is 0.986 bits per heavy atom. The lowest BCUT2D eigenvalue weighted by molar-refractivity contribution is -0.143. The number of rotatable bonds is 11. The SMILES string of the molecule is CC.CS(=O)C(C)(C)C.CSN(C(=O)C1CC(N)C1)c1nn(CC(F)(F)F)c2c(-c3ccc(C)nc3C(Cc3cc(F)cc(F)c3)NC(=O)Cn3nc(C(F)(F)F)c4c3C(F)(F)CC4)ccc(Cl)c12. The number of fused-ring (bicyclic) bond motifs is 2. The number of hydrogen-bond acceptors (Lipinski definition) is 8. The first-order valence-electron chi connectivity index (χ1n) is 21.5. The molecule has 2 amide bonds. The first-order valence-corrected chi connectivity index (χ1v) is 24.6. The van der Waals surface area contributed by atoms with E-state index in [1.807, 2.05) is 34.6 Å². The van der Waals surface area contributed by atoms with Gasteiger partial charge in [0.1, 0.15) is 30.4 Å². The molecule has 5 aromatic rings. The third-order valence-corrected chi connectivity index (χ3v) is 13.9. The van der Waals surface area contributed by atoms with E-state index >= 15 is 0 Å². The zero-order valence-corrected chi connectivity index (χ0v) is 41.1. The minimum atomic E-state index is -5.12. The van der Waals surface area contributed by atoms with Crippen molar-refractivity contribution in [2.24, 2.45) is 11.7 Å². The van der Waals surface area contributed by atoms with Gasteiger partial charge in [0.25, 0.3) is 5.92 Å². The number of amides is 2. The predicted molar refractivity (Wildman–Crippen MR) is 246 cm³/mol. The summed E-state index contributed by atoms with van der Waals surface area (Å²) in [5.74, 6) is -8.14. The molecule has 0 aliphatic heterocycles. The molecule has 1 fully saturated rings. The van der Waals surface area contributed by atoms with Crippen LogP contribution < -0.4 is 15.4 Å². The first-order chi connectivity index (χ1) is 32.0. The van der Waals surface area contributed by atoms with Crippen LogP contribution in [-0.2, 0) is 58.4 Å². The second-order valence-electron chi connectivity index (χ2n) is 17.2. The Hall–Kier alpha value is -4.74. The minimum absolute atomic E-state index is 0.00287. The number of halogens is 11. The number of carbonyl (C=O) groups is 2. The summed E-state index contributed by atoms with van der Waals surface area (Å²) in [6, 6.07) is 6.37. The van der Waals surface area contributed by atoms with Crippen LogP contribution in [0.5, 0.6) is 0 Å². The maximum atomic E-state index is 15.0. The van der Waals surface area contributed by atoms with E-state index in [0.717, 1.165) is 28.4 Å². The highest BCUT2D eigenvalue weighted by atomic mass is 35.5. The Morgan fingerprint density at radius 2 is 1.58 bits per heavy atom. The van der Waals surface area contributed by atoms with Gasteiger partial charge >= 0.3 is 12.4 Å². The number of nitrogens with one attached hydrogen (secondary N) is 1. The van der Waals surface area contributed by atoms with Gasteiger partial charge in [-0.2, -0.15) is 45.3 Å². The molecule has 3 N–H and O–H groups in total. The van der Waals surface area contributed by atoms with E-state index in [9.17, 15) is 57.7 Å². The highest BCUT2D eigenvalue weighted by molar-refractivity contribution is 8.00. The van der Waals surface area contributed by atoms with Crippen LogP contribution >= 0.6 is 23.5 Å². The van der Waals surface area contributed by atoms with E-state index in [0.29, 0.717) is 23.6 Å². The van der Waals surface area contributed by atoms with E-state index in [1.54, 1.807) is 6.26 Å². The molecule has 2 aromatic carbocycles. The Morgan fingerprint density at radius 3 is 2.12 bits per heavy atom. The quantitative estimate of drug-likeness (QED) is 0.0984. The van der Waals surface area contributed by atoms with Gasteiger partial charge in [-0.15, -0.1) is 0 Å². The van der Waals surface area contributed by atoms with Gasteiger partial charge < -0.3 is 11.1 Å². The van der Waals surface area contributed by atoms with Gasteiger partial charge in [0.2, 0.25) is 11.8 Å². The molecule has 3 heterocycles. The van der Waals surface area contributed by atoms with Gasteiger partial charge in [0.05, 0.1) is 27.7 Å². The summed E-state index contributed by atoms with van der Waals surface area (Å²) in [6.07, 6.45) is -8.12. The Balaban J connectivity index is 0.000000906. The number of aromatic nitrogens is 5. The molecular formula is C45H51ClF10N8O3S2. The van der Waals surface area contributed by atoms with Gasteiger partial charge in [-0.25, -0.2) is 13.1 Å². The average Bonchev–Trinajstić information content (AvgIpc) is 3.88. The molecule has 11 nitrogen and oxygen atoms in total. The Labute approximate surface area is 403 Å². The van der Waals surface area contributed by atoms with Crippen LogP contribution in [0.1, 0.15) is 93.8 Å². The predicted octanol–water partition coefficient (Wildman–Crippen LogP) is 10.8. The first kappa shape index (κ1) is 55.2. The number of nitrogens with two attached hydrogens (primary N) is 1. The number of anilines is 1. The van der Waals surface area contributed by atoms with E-state index in [2.05, 4.69) is 20.5 Å². The van der Waals surface area contributed by atoms with E-state index in [-0.39, 0.29) is 65.3 Å². The zero-order chi connectivity index (χ0) is 51.7. The zero-order valence-electron chi connectivity index (χ0n) is 38.7. The number of alkyl halides is 8. The van der Waals surface area contributed by atoms with Crippen LogP contribution in [0.4, 0.5) is 49.7 Å². The fourth-order valence-electron chi connectivity index (χ4n) is 7.73. The van der Waals surface area contributed by atoms with Crippen LogP contribution in [0.15, 0.2) is 42.5 Å². The van der Waals surface area contributed by atoms with Gasteiger partial charge in [-0.3, -0.25) is 28.1 Å². The lowest BCUT2D eigenvalue weighted by atomic mass is 9.80. The Bertz CT molecular complexity index is 2690. The largest absolute Gasteiger partial charge is 0.435 e. The molecule has 2 unspecified atom stereocenters. The summed E-state index contributed by atoms with van der Waals surface area (Å²) in [7, 11) is -0.683. The summed E-state index contributed by atoms with van der Waals surface area (Å²) in [5, 5.41) is 9.97. The van der Waals surface area contributed by atoms with Crippen LogP contribution in [-0.4, -0.2) is 70.0 Å². The number of nitrogens with zero attached hydrogens (tertiary/aromatic N) is 6. The molecular weight excluding hydrogens is 990 g/mol. The molecule has 2 aliphatic rings. The summed E-state index contributed by atoms with van der Waals surface area (Å²) in [4.78, 5) is 32.0. The van der Waals surface area contributed by atoms with Crippen molar-refractivity contribution in [2.45, 2.75) is 122 Å². The van der Waals surface area contributed by atoms with Gasteiger partial charge in [-0.1, -0.05) is 37.6 Å². The van der Waals surface area contributed by atoms with E-state index in [1.165, 1.54) is 37.4 Å². The number of benzene rings is 2. The lowest BCUT2D eigenvalue weighted by Gasteiger charge is -2.34. The third-order valence-electron chi connectivity index (χ3n) is 11.1. The van der Waals surface area contributed by atoms with Crippen molar-refractivity contribution in [1.29, 1.82) is 0 Å². The smallest absolute Gasteiger partial charge is 0.346 e. The summed E-state index contributed by atoms with van der Waals surface area (Å²) >= 11 is 7.57. The van der Waals surface area contributed by atoms with Crippen molar-refractivity contribution in [1.82, 2.24) is 29.9 Å². The fraction of sp³-hybridized carbons (Fsp3) is 0.489. The molecule has 2 atom stereocenters. The minimum Gasteiger partial charge on any atom is -0.346 e. The normalized spacial score (nSPS) is 17.4. The highest BCUT2D eigenvalue weighted by Gasteiger charge is 2.50. The van der Waals surface area contributed by atoms with Crippen LogP contribution in [0.25, 0.3) is 22.0 Å². The van der Waals surface area contributed by atoms with Crippen molar-refractivity contribution in [3.8, 4) is 11.1 Å². The molecule has 378 valence electrons. The molecule has 3 aromatic heterocycles. The fourth-order valence-corrected chi connectivity index (χ4v) is 8.60. The molecule has 0 spiro atoms. The molecule has 0 saturated heterocycles. The molecule has 69 heavy (non-hydrogen) atoms. The Kier molecular flexibility index (Phi) is 17.0. The highest BCUT2D eigenvalue weighted by Crippen LogP contribution is 2.47.